The number of nitrogens with zero attached hydrogens (tertiary/aromatic N) is 3. The molecule has 0 bridgehead atoms. The van der Waals surface area contributed by atoms with Crippen LogP contribution in [-0.4, -0.2) is 14.3 Å². The molecule has 0 saturated heterocycles. The second-order valence-corrected chi connectivity index (χ2v) is 5.19. The van der Waals surface area contributed by atoms with Gasteiger partial charge in [0, 0.05) is 23.9 Å². The minimum absolute atomic E-state index is 0.0612. The maximum absolute atomic E-state index is 11.8. The Bertz CT molecular complexity index is 574. The second kappa shape index (κ2) is 4.55. The van der Waals surface area contributed by atoms with Gasteiger partial charge in [-0.05, 0) is 44.0 Å². The highest BCUT2D eigenvalue weighted by atomic mass is 79.9. The van der Waals surface area contributed by atoms with Crippen LogP contribution in [0.1, 0.15) is 5.69 Å². The highest BCUT2D eigenvalue weighted by Crippen LogP contribution is 2.13. The average Bonchev–Trinajstić information content (AvgIpc) is 2.60. The molecule has 0 amide bonds. The van der Waals surface area contributed by atoms with Crippen LogP contribution in [0.4, 0.5) is 0 Å². The van der Waals surface area contributed by atoms with E-state index in [4.69, 9.17) is 0 Å². The van der Waals surface area contributed by atoms with Crippen molar-refractivity contribution in [2.75, 3.05) is 0 Å². The SMILES string of the molecule is Cn1ccc(Cn2cc(Br)cc(Br)c2=O)n1. The Labute approximate surface area is 109 Å². The Kier molecular flexibility index (Phi) is 3.30. The molecule has 0 aliphatic carbocycles. The van der Waals surface area contributed by atoms with E-state index in [9.17, 15) is 4.79 Å². The van der Waals surface area contributed by atoms with E-state index in [1.54, 1.807) is 21.5 Å². The van der Waals surface area contributed by atoms with Gasteiger partial charge in [0.15, 0.2) is 0 Å². The third kappa shape index (κ3) is 2.44. The number of aryl methyl sites for hydroxylation is 1. The van der Waals surface area contributed by atoms with E-state index in [0.29, 0.717) is 11.0 Å². The monoisotopic (exact) mass is 345 g/mol. The molecule has 2 rings (SSSR count). The van der Waals surface area contributed by atoms with Gasteiger partial charge in [-0.1, -0.05) is 0 Å². The molecule has 6 heteroatoms. The predicted octanol–water partition coefficient (Wildman–Crippen LogP) is 2.16. The summed E-state index contributed by atoms with van der Waals surface area (Å²) < 4.78 is 4.72. The minimum atomic E-state index is -0.0612. The molecule has 0 spiro atoms. The molecule has 2 aromatic rings. The van der Waals surface area contributed by atoms with E-state index in [2.05, 4.69) is 37.0 Å². The van der Waals surface area contributed by atoms with Gasteiger partial charge in [0.2, 0.25) is 0 Å². The molecule has 0 aliphatic rings. The smallest absolute Gasteiger partial charge is 0.265 e. The fraction of sp³-hybridized carbons (Fsp3) is 0.200. The summed E-state index contributed by atoms with van der Waals surface area (Å²) in [4.78, 5) is 11.8. The first-order valence-corrected chi connectivity index (χ1v) is 6.19. The lowest BCUT2D eigenvalue weighted by Crippen LogP contribution is -2.20. The Morgan fingerprint density at radius 3 is 2.81 bits per heavy atom. The molecule has 0 saturated carbocycles. The molecular weight excluding hydrogens is 338 g/mol. The summed E-state index contributed by atoms with van der Waals surface area (Å²) in [5.41, 5.74) is 0.795. The van der Waals surface area contributed by atoms with Crippen molar-refractivity contribution in [3.8, 4) is 0 Å². The van der Waals surface area contributed by atoms with E-state index in [1.807, 2.05) is 19.3 Å². The van der Waals surface area contributed by atoms with Gasteiger partial charge in [0.1, 0.15) is 0 Å². The summed E-state index contributed by atoms with van der Waals surface area (Å²) in [5, 5.41) is 4.23. The summed E-state index contributed by atoms with van der Waals surface area (Å²) in [5.74, 6) is 0. The first kappa shape index (κ1) is 11.6. The molecule has 2 heterocycles. The van der Waals surface area contributed by atoms with E-state index in [1.165, 1.54) is 0 Å². The van der Waals surface area contributed by atoms with Crippen molar-refractivity contribution in [3.63, 3.8) is 0 Å². The van der Waals surface area contributed by atoms with Crippen molar-refractivity contribution in [1.29, 1.82) is 0 Å². The minimum Gasteiger partial charge on any atom is -0.307 e. The van der Waals surface area contributed by atoms with Crippen LogP contribution in [0, 0.1) is 0 Å². The van der Waals surface area contributed by atoms with Crippen LogP contribution in [-0.2, 0) is 13.6 Å². The number of aromatic nitrogens is 3. The van der Waals surface area contributed by atoms with Crippen molar-refractivity contribution in [2.24, 2.45) is 7.05 Å². The van der Waals surface area contributed by atoms with Crippen molar-refractivity contribution in [1.82, 2.24) is 14.3 Å². The van der Waals surface area contributed by atoms with Crippen molar-refractivity contribution in [3.05, 3.63) is 49.5 Å². The Hall–Kier alpha value is -0.880. The van der Waals surface area contributed by atoms with Crippen molar-refractivity contribution >= 4 is 31.9 Å². The van der Waals surface area contributed by atoms with Gasteiger partial charge in [-0.2, -0.15) is 5.10 Å². The molecular formula is C10H9Br2N3O. The van der Waals surface area contributed by atoms with Gasteiger partial charge in [0.25, 0.3) is 5.56 Å². The Balaban J connectivity index is 2.38. The third-order valence-electron chi connectivity index (χ3n) is 2.11. The zero-order valence-electron chi connectivity index (χ0n) is 8.52. The number of halogens is 2. The fourth-order valence-electron chi connectivity index (χ4n) is 1.40. The summed E-state index contributed by atoms with van der Waals surface area (Å²) in [6.07, 6.45) is 3.61. The first-order valence-electron chi connectivity index (χ1n) is 4.60. The zero-order valence-corrected chi connectivity index (χ0v) is 11.7. The summed E-state index contributed by atoms with van der Waals surface area (Å²) >= 11 is 6.58. The normalized spacial score (nSPS) is 10.7. The molecule has 0 N–H and O–H groups in total. The van der Waals surface area contributed by atoms with E-state index in [0.717, 1.165) is 10.2 Å². The van der Waals surface area contributed by atoms with E-state index in [-0.39, 0.29) is 5.56 Å². The van der Waals surface area contributed by atoms with Gasteiger partial charge in [-0.3, -0.25) is 9.48 Å². The Morgan fingerprint density at radius 1 is 1.44 bits per heavy atom. The predicted molar refractivity (Wildman–Crippen MR) is 68.4 cm³/mol. The van der Waals surface area contributed by atoms with Gasteiger partial charge in [-0.25, -0.2) is 0 Å². The number of pyridine rings is 1. The van der Waals surface area contributed by atoms with Crippen LogP contribution >= 0.6 is 31.9 Å². The lowest BCUT2D eigenvalue weighted by Gasteiger charge is -2.04. The van der Waals surface area contributed by atoms with Crippen molar-refractivity contribution in [2.45, 2.75) is 6.54 Å². The van der Waals surface area contributed by atoms with Crippen LogP contribution in [0.25, 0.3) is 0 Å². The van der Waals surface area contributed by atoms with E-state index < -0.39 is 0 Å². The Morgan fingerprint density at radius 2 is 2.19 bits per heavy atom. The highest BCUT2D eigenvalue weighted by Gasteiger charge is 2.05. The maximum Gasteiger partial charge on any atom is 0.265 e. The van der Waals surface area contributed by atoms with Gasteiger partial charge in [-0.15, -0.1) is 0 Å². The zero-order chi connectivity index (χ0) is 11.7. The molecule has 84 valence electrons. The average molecular weight is 347 g/mol. The van der Waals surface area contributed by atoms with Crippen LogP contribution in [0.2, 0.25) is 0 Å². The fourth-order valence-corrected chi connectivity index (χ4v) is 2.66. The topological polar surface area (TPSA) is 39.8 Å². The van der Waals surface area contributed by atoms with Gasteiger partial charge >= 0.3 is 0 Å². The highest BCUT2D eigenvalue weighted by molar-refractivity contribution is 9.11. The quantitative estimate of drug-likeness (QED) is 0.835. The van der Waals surface area contributed by atoms with Crippen LogP contribution < -0.4 is 5.56 Å². The summed E-state index contributed by atoms with van der Waals surface area (Å²) in [6, 6.07) is 3.62. The van der Waals surface area contributed by atoms with Crippen LogP contribution in [0.15, 0.2) is 38.3 Å². The molecule has 4 nitrogen and oxygen atoms in total. The molecule has 16 heavy (non-hydrogen) atoms. The maximum atomic E-state index is 11.8. The number of hydrogen-bond donors (Lipinski definition) is 0. The first-order chi connectivity index (χ1) is 7.56. The summed E-state index contributed by atoms with van der Waals surface area (Å²) in [6.45, 7) is 0.470. The number of hydrogen-bond acceptors (Lipinski definition) is 2. The molecule has 0 aromatic carbocycles. The second-order valence-electron chi connectivity index (χ2n) is 3.42. The lowest BCUT2D eigenvalue weighted by molar-refractivity contribution is 0.688. The molecule has 2 aromatic heterocycles. The molecule has 0 radical (unpaired) electrons. The van der Waals surface area contributed by atoms with Crippen molar-refractivity contribution < 1.29 is 0 Å². The molecule has 0 atom stereocenters. The third-order valence-corrected chi connectivity index (χ3v) is 3.11. The standard InChI is InChI=1S/C10H9Br2N3O/c1-14-3-2-8(13-14)6-15-5-7(11)4-9(12)10(15)16/h2-5H,6H2,1H3. The summed E-state index contributed by atoms with van der Waals surface area (Å²) in [7, 11) is 1.85. The van der Waals surface area contributed by atoms with E-state index >= 15 is 0 Å². The lowest BCUT2D eigenvalue weighted by atomic mass is 10.4. The van der Waals surface area contributed by atoms with Crippen LogP contribution in [0.3, 0.4) is 0 Å². The van der Waals surface area contributed by atoms with Crippen LogP contribution in [0.5, 0.6) is 0 Å². The molecule has 0 aliphatic heterocycles. The van der Waals surface area contributed by atoms with Gasteiger partial charge in [0.05, 0.1) is 16.7 Å². The molecule has 0 fully saturated rings. The number of rotatable bonds is 2. The largest absolute Gasteiger partial charge is 0.307 e. The molecule has 0 unspecified atom stereocenters. The van der Waals surface area contributed by atoms with Gasteiger partial charge < -0.3 is 4.57 Å².